The molecule has 23 heavy (non-hydrogen) atoms. The second-order valence-electron chi connectivity index (χ2n) is 6.78. The molecule has 2 heterocycles. The second kappa shape index (κ2) is 5.76. The molecule has 2 aliphatic heterocycles. The number of piperazine rings is 1. The van der Waals surface area contributed by atoms with Gasteiger partial charge in [-0.1, -0.05) is 31.5 Å². The molecular weight excluding hydrogens is 336 g/mol. The molecule has 1 aromatic carbocycles. The number of hydrogen-bond acceptors (Lipinski definition) is 4. The van der Waals surface area contributed by atoms with Crippen molar-refractivity contribution < 1.29 is 13.2 Å². The lowest BCUT2D eigenvalue weighted by Crippen LogP contribution is -2.66. The van der Waals surface area contributed by atoms with E-state index in [1.165, 1.54) is 0 Å². The first-order valence-corrected chi connectivity index (χ1v) is 9.95. The first-order chi connectivity index (χ1) is 10.7. The van der Waals surface area contributed by atoms with Gasteiger partial charge in [-0.3, -0.25) is 10.1 Å². The van der Waals surface area contributed by atoms with Crippen molar-refractivity contribution in [3.63, 3.8) is 0 Å². The molecule has 2 fully saturated rings. The van der Waals surface area contributed by atoms with Crippen molar-refractivity contribution in [3.05, 3.63) is 28.8 Å². The number of benzene rings is 1. The van der Waals surface area contributed by atoms with Gasteiger partial charge in [0.2, 0.25) is 5.91 Å². The predicted octanol–water partition coefficient (Wildman–Crippen LogP) is 1.77. The summed E-state index contributed by atoms with van der Waals surface area (Å²) in [5.41, 5.74) is 1.60. The smallest absolute Gasteiger partial charge is 0.244 e. The summed E-state index contributed by atoms with van der Waals surface area (Å²) in [7, 11) is -3.15. The summed E-state index contributed by atoms with van der Waals surface area (Å²) < 4.78 is 24.1. The van der Waals surface area contributed by atoms with E-state index in [2.05, 4.69) is 5.32 Å². The van der Waals surface area contributed by atoms with Crippen molar-refractivity contribution >= 4 is 33.0 Å². The third-order valence-corrected chi connectivity index (χ3v) is 6.78. The standard InChI is InChI=1S/C16H21ClN2O3S/c1-9(2)15-16(20)19(11-5-4-10(3)12(17)6-11)14-8-23(21,22)7-13(14)18-15/h4-6,9,13-15,18H,7-8H2,1-3H3/t13-,14+,15+/m1/s1. The second-order valence-corrected chi connectivity index (χ2v) is 9.34. The van der Waals surface area contributed by atoms with E-state index in [0.29, 0.717) is 10.7 Å². The average molecular weight is 357 g/mol. The van der Waals surface area contributed by atoms with Gasteiger partial charge in [0.05, 0.1) is 23.6 Å². The highest BCUT2D eigenvalue weighted by Crippen LogP contribution is 2.32. The normalized spacial score (nSPS) is 29.9. The SMILES string of the molecule is Cc1ccc(N2C(=O)[C@H](C(C)C)N[C@@H]3CS(=O)(=O)C[C@@H]32)cc1Cl. The molecule has 0 aliphatic carbocycles. The molecule has 5 nitrogen and oxygen atoms in total. The molecule has 3 rings (SSSR count). The Balaban J connectivity index is 2.06. The number of fused-ring (bicyclic) bond motifs is 1. The monoisotopic (exact) mass is 356 g/mol. The van der Waals surface area contributed by atoms with Gasteiger partial charge in [0.15, 0.2) is 9.84 Å². The van der Waals surface area contributed by atoms with Crippen LogP contribution in [0.2, 0.25) is 5.02 Å². The zero-order valence-corrected chi connectivity index (χ0v) is 15.0. The van der Waals surface area contributed by atoms with Crippen LogP contribution in [0.1, 0.15) is 19.4 Å². The van der Waals surface area contributed by atoms with Crippen molar-refractivity contribution in [1.29, 1.82) is 0 Å². The van der Waals surface area contributed by atoms with Crippen LogP contribution in [0, 0.1) is 12.8 Å². The van der Waals surface area contributed by atoms with Crippen molar-refractivity contribution in [2.24, 2.45) is 5.92 Å². The van der Waals surface area contributed by atoms with Crippen molar-refractivity contribution in [2.75, 3.05) is 16.4 Å². The van der Waals surface area contributed by atoms with E-state index in [0.717, 1.165) is 5.56 Å². The van der Waals surface area contributed by atoms with Gasteiger partial charge in [-0.25, -0.2) is 8.42 Å². The number of halogens is 1. The summed E-state index contributed by atoms with van der Waals surface area (Å²) in [5.74, 6) is 0.0604. The van der Waals surface area contributed by atoms with Crippen molar-refractivity contribution in [3.8, 4) is 0 Å². The molecule has 2 aliphatic rings. The highest BCUT2D eigenvalue weighted by molar-refractivity contribution is 7.91. The molecular formula is C16H21ClN2O3S. The molecule has 7 heteroatoms. The first kappa shape index (κ1) is 16.7. The lowest BCUT2D eigenvalue weighted by Gasteiger charge is -2.42. The maximum atomic E-state index is 12.9. The van der Waals surface area contributed by atoms with Gasteiger partial charge in [0, 0.05) is 16.8 Å². The average Bonchev–Trinajstić information content (AvgIpc) is 2.75. The van der Waals surface area contributed by atoms with Crippen LogP contribution in [0.25, 0.3) is 0 Å². The van der Waals surface area contributed by atoms with E-state index < -0.39 is 9.84 Å². The zero-order valence-electron chi connectivity index (χ0n) is 13.4. The van der Waals surface area contributed by atoms with Crippen LogP contribution in [0.4, 0.5) is 5.69 Å². The molecule has 0 spiro atoms. The fraction of sp³-hybridized carbons (Fsp3) is 0.562. The molecule has 3 atom stereocenters. The Bertz CT molecular complexity index is 748. The highest BCUT2D eigenvalue weighted by atomic mass is 35.5. The van der Waals surface area contributed by atoms with Crippen LogP contribution in [-0.2, 0) is 14.6 Å². The van der Waals surface area contributed by atoms with Gasteiger partial charge < -0.3 is 4.90 Å². The van der Waals surface area contributed by atoms with Gasteiger partial charge in [-0.05, 0) is 30.5 Å². The number of anilines is 1. The zero-order chi connectivity index (χ0) is 16.9. The summed E-state index contributed by atoms with van der Waals surface area (Å²) in [6.07, 6.45) is 0. The summed E-state index contributed by atoms with van der Waals surface area (Å²) in [4.78, 5) is 14.6. The van der Waals surface area contributed by atoms with E-state index in [9.17, 15) is 13.2 Å². The molecule has 1 amide bonds. The minimum atomic E-state index is -3.15. The van der Waals surface area contributed by atoms with E-state index >= 15 is 0 Å². The number of rotatable bonds is 2. The number of nitrogens with one attached hydrogen (secondary N) is 1. The minimum Gasteiger partial charge on any atom is -0.305 e. The van der Waals surface area contributed by atoms with Crippen molar-refractivity contribution in [2.45, 2.75) is 38.9 Å². The van der Waals surface area contributed by atoms with Crippen LogP contribution < -0.4 is 10.2 Å². The van der Waals surface area contributed by atoms with Crippen LogP contribution in [0.3, 0.4) is 0 Å². The number of aryl methyl sites for hydroxylation is 1. The summed E-state index contributed by atoms with van der Waals surface area (Å²) >= 11 is 6.21. The molecule has 126 valence electrons. The van der Waals surface area contributed by atoms with Gasteiger partial charge in [0.25, 0.3) is 0 Å². The van der Waals surface area contributed by atoms with Gasteiger partial charge in [0.1, 0.15) is 0 Å². The Hall–Kier alpha value is -1.11. The fourth-order valence-corrected chi connectivity index (χ4v) is 5.46. The Labute approximate surface area is 141 Å². The maximum absolute atomic E-state index is 12.9. The molecule has 0 saturated carbocycles. The number of hydrogen-bond donors (Lipinski definition) is 1. The highest BCUT2D eigenvalue weighted by Gasteiger charge is 2.50. The van der Waals surface area contributed by atoms with Gasteiger partial charge in [-0.15, -0.1) is 0 Å². The van der Waals surface area contributed by atoms with Crippen LogP contribution >= 0.6 is 11.6 Å². The van der Waals surface area contributed by atoms with Crippen LogP contribution in [0.5, 0.6) is 0 Å². The molecule has 1 aromatic rings. The quantitative estimate of drug-likeness (QED) is 0.877. The van der Waals surface area contributed by atoms with Crippen LogP contribution in [0.15, 0.2) is 18.2 Å². The Morgan fingerprint density at radius 2 is 2.00 bits per heavy atom. The Morgan fingerprint density at radius 3 is 2.61 bits per heavy atom. The molecule has 0 unspecified atom stereocenters. The maximum Gasteiger partial charge on any atom is 0.244 e. The Morgan fingerprint density at radius 1 is 1.30 bits per heavy atom. The largest absolute Gasteiger partial charge is 0.305 e. The summed E-state index contributed by atoms with van der Waals surface area (Å²) in [6.45, 7) is 5.81. The molecule has 0 radical (unpaired) electrons. The molecule has 0 aromatic heterocycles. The van der Waals surface area contributed by atoms with E-state index in [1.54, 1.807) is 11.0 Å². The number of amides is 1. The lowest BCUT2D eigenvalue weighted by atomic mass is 9.94. The number of sulfone groups is 1. The third-order valence-electron chi connectivity index (χ3n) is 4.65. The molecule has 1 N–H and O–H groups in total. The first-order valence-electron chi connectivity index (χ1n) is 7.75. The van der Waals surface area contributed by atoms with E-state index in [-0.39, 0.29) is 41.5 Å². The topological polar surface area (TPSA) is 66.5 Å². The molecule has 2 saturated heterocycles. The summed E-state index contributed by atoms with van der Waals surface area (Å²) in [5, 5.41) is 3.82. The van der Waals surface area contributed by atoms with E-state index in [1.807, 2.05) is 32.9 Å². The van der Waals surface area contributed by atoms with Gasteiger partial charge in [-0.2, -0.15) is 0 Å². The number of carbonyl (C=O) groups is 1. The summed E-state index contributed by atoms with van der Waals surface area (Å²) in [6, 6.07) is 4.45. The lowest BCUT2D eigenvalue weighted by molar-refractivity contribution is -0.123. The van der Waals surface area contributed by atoms with Gasteiger partial charge >= 0.3 is 0 Å². The number of carbonyl (C=O) groups excluding carboxylic acids is 1. The Kier molecular flexibility index (Phi) is 4.19. The fourth-order valence-electron chi connectivity index (χ4n) is 3.39. The van der Waals surface area contributed by atoms with Crippen LogP contribution in [-0.4, -0.2) is 44.0 Å². The van der Waals surface area contributed by atoms with Crippen molar-refractivity contribution in [1.82, 2.24) is 5.32 Å². The molecule has 0 bridgehead atoms. The minimum absolute atomic E-state index is 0.00722. The van der Waals surface area contributed by atoms with E-state index in [4.69, 9.17) is 11.6 Å². The third kappa shape index (κ3) is 2.99. The predicted molar refractivity (Wildman–Crippen MR) is 91.7 cm³/mol. The number of nitrogens with zero attached hydrogens (tertiary/aromatic N) is 1.